The van der Waals surface area contributed by atoms with Crippen LogP contribution in [0.25, 0.3) is 16.9 Å². The molecule has 0 unspecified atom stereocenters. The van der Waals surface area contributed by atoms with E-state index in [0.717, 1.165) is 0 Å². The Balaban J connectivity index is 1.37. The summed E-state index contributed by atoms with van der Waals surface area (Å²) in [6.07, 6.45) is -1.14. The first kappa shape index (κ1) is 28.8. The van der Waals surface area contributed by atoms with E-state index >= 15 is 0 Å². The van der Waals surface area contributed by atoms with Crippen LogP contribution in [0.2, 0.25) is 0 Å². The van der Waals surface area contributed by atoms with Gasteiger partial charge in [0.2, 0.25) is 0 Å². The molecule has 1 atom stereocenters. The molecular weight excluding hydrogens is 542 g/mol. The summed E-state index contributed by atoms with van der Waals surface area (Å²) in [5.41, 5.74) is 0.983. The van der Waals surface area contributed by atoms with Gasteiger partial charge < -0.3 is 15.7 Å². The fraction of sp³-hybridized carbons (Fsp3) is 0.500. The van der Waals surface area contributed by atoms with Crippen molar-refractivity contribution in [3.8, 4) is 17.5 Å². The Morgan fingerprint density at radius 3 is 2.71 bits per heavy atom. The van der Waals surface area contributed by atoms with Gasteiger partial charge in [-0.3, -0.25) is 14.7 Å². The molecule has 218 valence electrons. The summed E-state index contributed by atoms with van der Waals surface area (Å²) < 4.78 is 54.6. The summed E-state index contributed by atoms with van der Waals surface area (Å²) in [6, 6.07) is 8.93. The molecule has 3 N–H and O–H groups in total. The first-order valence-corrected chi connectivity index (χ1v) is 13.3. The van der Waals surface area contributed by atoms with Crippen LogP contribution in [0.4, 0.5) is 23.2 Å². The standard InChI is InChI=1S/C28H31F4N7O2/c1-26(2,41)24(29)14-35-25(40)20-13-34-22(23-4-3-19-7-17(11-33)12-36-39(19)23)8-21(20)37-18-9-27(10-18)5-6-38(15-27)16-28(30,31)32/h3-4,7-8,12-13,18,24,41H,5-6,9-10,14-16H2,1-2H3,(H,34,37)(H,35,40)/t18?,24-,27?/m1/s1. The number of carbonyl (C=O) groups excluding carboxylic acids is 1. The van der Waals surface area contributed by atoms with E-state index in [4.69, 9.17) is 5.26 Å². The number of aromatic nitrogens is 3. The number of likely N-dealkylation sites (tertiary alicyclic amines) is 1. The van der Waals surface area contributed by atoms with E-state index in [1.54, 1.807) is 28.8 Å². The number of pyridine rings is 1. The number of anilines is 1. The van der Waals surface area contributed by atoms with Gasteiger partial charge in [-0.15, -0.1) is 0 Å². The van der Waals surface area contributed by atoms with Crippen molar-refractivity contribution in [2.75, 3.05) is 31.5 Å². The van der Waals surface area contributed by atoms with E-state index in [-0.39, 0.29) is 17.0 Å². The molecule has 1 aliphatic heterocycles. The van der Waals surface area contributed by atoms with Crippen LogP contribution < -0.4 is 10.6 Å². The SMILES string of the molecule is CC(C)(O)[C@H](F)CNC(=O)c1cnc(-c2ccc3cc(C#N)cnn23)cc1NC1CC2(CCN(CC(F)(F)F)C2)C1. The predicted octanol–water partition coefficient (Wildman–Crippen LogP) is 3.94. The number of halogens is 4. The number of nitriles is 1. The van der Waals surface area contributed by atoms with Gasteiger partial charge in [-0.25, -0.2) is 8.91 Å². The van der Waals surface area contributed by atoms with Crippen LogP contribution in [0.1, 0.15) is 49.0 Å². The lowest BCUT2D eigenvalue weighted by Gasteiger charge is -2.46. The summed E-state index contributed by atoms with van der Waals surface area (Å²) >= 11 is 0. The normalized spacial score (nSPS) is 22.0. The molecule has 5 rings (SSSR count). The number of nitrogens with zero attached hydrogens (tertiary/aromatic N) is 5. The Labute approximate surface area is 234 Å². The molecular formula is C28H31F4N7O2. The van der Waals surface area contributed by atoms with Gasteiger partial charge in [0.15, 0.2) is 0 Å². The van der Waals surface area contributed by atoms with Gasteiger partial charge in [-0.2, -0.15) is 23.5 Å². The van der Waals surface area contributed by atoms with Gasteiger partial charge in [0.05, 0.1) is 58.6 Å². The highest BCUT2D eigenvalue weighted by molar-refractivity contribution is 6.00. The number of fused-ring (bicyclic) bond motifs is 1. The lowest BCUT2D eigenvalue weighted by molar-refractivity contribution is -0.144. The second-order valence-corrected chi connectivity index (χ2v) is 11.7. The molecule has 2 aliphatic rings. The van der Waals surface area contributed by atoms with Crippen molar-refractivity contribution in [1.29, 1.82) is 5.26 Å². The van der Waals surface area contributed by atoms with Crippen LogP contribution in [0.5, 0.6) is 0 Å². The molecule has 3 aromatic rings. The molecule has 2 fully saturated rings. The van der Waals surface area contributed by atoms with Crippen molar-refractivity contribution < 1.29 is 27.5 Å². The van der Waals surface area contributed by atoms with Gasteiger partial charge in [0.25, 0.3) is 5.91 Å². The minimum atomic E-state index is -4.24. The van der Waals surface area contributed by atoms with Crippen molar-refractivity contribution in [2.45, 2.75) is 57.1 Å². The summed E-state index contributed by atoms with van der Waals surface area (Å²) in [7, 11) is 0. The molecule has 1 saturated heterocycles. The molecule has 9 nitrogen and oxygen atoms in total. The van der Waals surface area contributed by atoms with Gasteiger partial charge in [0, 0.05) is 18.8 Å². The Kier molecular flexibility index (Phi) is 7.42. The fourth-order valence-corrected chi connectivity index (χ4v) is 5.73. The molecule has 41 heavy (non-hydrogen) atoms. The summed E-state index contributed by atoms with van der Waals surface area (Å²) in [5.74, 6) is -0.582. The lowest BCUT2D eigenvalue weighted by atomic mass is 9.65. The zero-order chi connectivity index (χ0) is 29.6. The third kappa shape index (κ3) is 6.28. The average molecular weight is 574 g/mol. The molecule has 1 amide bonds. The van der Waals surface area contributed by atoms with E-state index in [1.807, 2.05) is 6.07 Å². The van der Waals surface area contributed by atoms with Gasteiger partial charge >= 0.3 is 6.18 Å². The van der Waals surface area contributed by atoms with Gasteiger partial charge in [-0.1, -0.05) is 0 Å². The predicted molar refractivity (Wildman–Crippen MR) is 143 cm³/mol. The first-order chi connectivity index (χ1) is 19.2. The van der Waals surface area contributed by atoms with Crippen molar-refractivity contribution in [1.82, 2.24) is 24.8 Å². The maximum Gasteiger partial charge on any atom is 0.401 e. The zero-order valence-electron chi connectivity index (χ0n) is 22.7. The van der Waals surface area contributed by atoms with Crippen molar-refractivity contribution >= 4 is 17.1 Å². The largest absolute Gasteiger partial charge is 0.401 e. The van der Waals surface area contributed by atoms with E-state index < -0.39 is 36.9 Å². The molecule has 1 spiro atoms. The Morgan fingerprint density at radius 1 is 1.27 bits per heavy atom. The number of hydrogen-bond acceptors (Lipinski definition) is 7. The van der Waals surface area contributed by atoms with Crippen LogP contribution in [-0.2, 0) is 0 Å². The molecule has 1 aliphatic carbocycles. The number of carbonyl (C=O) groups is 1. The molecule has 0 bridgehead atoms. The number of rotatable bonds is 8. The number of alkyl halides is 4. The quantitative estimate of drug-likeness (QED) is 0.350. The second kappa shape index (κ2) is 10.6. The van der Waals surface area contributed by atoms with Crippen LogP contribution in [0.3, 0.4) is 0 Å². The number of hydrogen-bond donors (Lipinski definition) is 3. The Morgan fingerprint density at radius 2 is 2.02 bits per heavy atom. The lowest BCUT2D eigenvalue weighted by Crippen LogP contribution is -2.47. The maximum atomic E-state index is 14.3. The van der Waals surface area contributed by atoms with Crippen molar-refractivity contribution in [2.24, 2.45) is 5.41 Å². The number of aliphatic hydroxyl groups is 1. The summed E-state index contributed by atoms with van der Waals surface area (Å²) in [5, 5.41) is 29.3. The third-order valence-electron chi connectivity index (χ3n) is 7.89. The van der Waals surface area contributed by atoms with Gasteiger partial charge in [-0.05, 0) is 69.3 Å². The van der Waals surface area contributed by atoms with Gasteiger partial charge in [0.1, 0.15) is 12.2 Å². The van der Waals surface area contributed by atoms with Crippen LogP contribution in [0, 0.1) is 16.7 Å². The molecule has 0 radical (unpaired) electrons. The van der Waals surface area contributed by atoms with E-state index in [0.29, 0.717) is 60.5 Å². The average Bonchev–Trinajstić information content (AvgIpc) is 3.49. The minimum Gasteiger partial charge on any atom is -0.387 e. The highest BCUT2D eigenvalue weighted by Gasteiger charge is 2.50. The van der Waals surface area contributed by atoms with Crippen molar-refractivity contribution in [3.63, 3.8) is 0 Å². The molecule has 3 aromatic heterocycles. The molecule has 13 heteroatoms. The highest BCUT2D eigenvalue weighted by atomic mass is 19.4. The van der Waals surface area contributed by atoms with Crippen LogP contribution in [0.15, 0.2) is 36.7 Å². The summed E-state index contributed by atoms with van der Waals surface area (Å²) in [4.78, 5) is 19.0. The third-order valence-corrected chi connectivity index (χ3v) is 7.89. The topological polar surface area (TPSA) is 119 Å². The summed E-state index contributed by atoms with van der Waals surface area (Å²) in [6.45, 7) is 2.08. The Hall–Kier alpha value is -3.76. The number of nitrogens with one attached hydrogen (secondary N) is 2. The van der Waals surface area contributed by atoms with Crippen LogP contribution in [-0.4, -0.2) is 80.7 Å². The fourth-order valence-electron chi connectivity index (χ4n) is 5.73. The minimum absolute atomic E-state index is 0.0756. The monoisotopic (exact) mass is 573 g/mol. The maximum absolute atomic E-state index is 14.3. The zero-order valence-corrected chi connectivity index (χ0v) is 22.7. The smallest absolute Gasteiger partial charge is 0.387 e. The van der Waals surface area contributed by atoms with Crippen LogP contribution >= 0.6 is 0 Å². The van der Waals surface area contributed by atoms with E-state index in [1.165, 1.54) is 31.1 Å². The van der Waals surface area contributed by atoms with E-state index in [2.05, 4.69) is 20.7 Å². The van der Waals surface area contributed by atoms with E-state index in [9.17, 15) is 27.5 Å². The molecule has 0 aromatic carbocycles. The van der Waals surface area contributed by atoms with Crippen molar-refractivity contribution in [3.05, 3.63) is 47.8 Å². The molecule has 4 heterocycles. The molecule has 1 saturated carbocycles. The Bertz CT molecular complexity index is 1490. The second-order valence-electron chi connectivity index (χ2n) is 11.7. The highest BCUT2D eigenvalue weighted by Crippen LogP contribution is 2.49. The number of amides is 1. The first-order valence-electron chi connectivity index (χ1n) is 13.3.